The van der Waals surface area contributed by atoms with Crippen molar-refractivity contribution in [2.45, 2.75) is 20.0 Å². The minimum atomic E-state index is -0.958. The van der Waals surface area contributed by atoms with Crippen LogP contribution in [0.5, 0.6) is 11.5 Å². The van der Waals surface area contributed by atoms with E-state index >= 15 is 0 Å². The minimum absolute atomic E-state index is 0.0717. The fraction of sp³-hybridized carbons (Fsp3) is 0.200. The number of hydrogen-bond acceptors (Lipinski definition) is 4. The fourth-order valence-electron chi connectivity index (χ4n) is 1.93. The van der Waals surface area contributed by atoms with E-state index in [0.717, 1.165) is 0 Å². The molecule has 0 aromatic heterocycles. The van der Waals surface area contributed by atoms with Crippen LogP contribution in [0.25, 0.3) is 0 Å². The normalized spacial score (nSPS) is 12.0. The van der Waals surface area contributed by atoms with Crippen molar-refractivity contribution in [1.29, 1.82) is 0 Å². The molecule has 0 bridgehead atoms. The van der Waals surface area contributed by atoms with E-state index in [-0.39, 0.29) is 22.7 Å². The summed E-state index contributed by atoms with van der Waals surface area (Å²) in [5.74, 6) is -0.972. The van der Waals surface area contributed by atoms with E-state index in [0.29, 0.717) is 5.56 Å². The summed E-state index contributed by atoms with van der Waals surface area (Å²) in [7, 11) is 0. The molecule has 110 valence electrons. The third-order valence-corrected chi connectivity index (χ3v) is 2.97. The van der Waals surface area contributed by atoms with Crippen LogP contribution in [0.2, 0.25) is 0 Å². The molecule has 1 atom stereocenters. The van der Waals surface area contributed by atoms with Gasteiger partial charge >= 0.3 is 5.69 Å². The van der Waals surface area contributed by atoms with Crippen LogP contribution in [0.1, 0.15) is 24.2 Å². The Morgan fingerprint density at radius 1 is 1.33 bits per heavy atom. The fourth-order valence-corrected chi connectivity index (χ4v) is 1.93. The molecule has 21 heavy (non-hydrogen) atoms. The van der Waals surface area contributed by atoms with Gasteiger partial charge in [0.2, 0.25) is 5.75 Å². The van der Waals surface area contributed by atoms with Crippen LogP contribution in [-0.2, 0) is 0 Å². The molecule has 0 saturated carbocycles. The monoisotopic (exact) mass is 291 g/mol. The minimum Gasteiger partial charge on any atom is -0.447 e. The van der Waals surface area contributed by atoms with Gasteiger partial charge in [0.25, 0.3) is 0 Å². The Labute approximate surface area is 120 Å². The van der Waals surface area contributed by atoms with Gasteiger partial charge in [-0.2, -0.15) is 0 Å². The van der Waals surface area contributed by atoms with Crippen LogP contribution in [0.4, 0.5) is 10.1 Å². The Balaban J connectivity index is 2.51. The van der Waals surface area contributed by atoms with Crippen LogP contribution < -0.4 is 4.74 Å². The number of nitrogens with zero attached hydrogens (tertiary/aromatic N) is 1. The van der Waals surface area contributed by atoms with E-state index in [4.69, 9.17) is 4.74 Å². The van der Waals surface area contributed by atoms with Crippen LogP contribution >= 0.6 is 0 Å². The van der Waals surface area contributed by atoms with Crippen LogP contribution in [0.3, 0.4) is 0 Å². The molecule has 0 heterocycles. The Hall–Kier alpha value is -2.47. The second-order valence-corrected chi connectivity index (χ2v) is 4.66. The highest BCUT2D eigenvalue weighted by Crippen LogP contribution is 2.36. The second kappa shape index (κ2) is 5.88. The second-order valence-electron chi connectivity index (χ2n) is 4.66. The molecule has 0 saturated heterocycles. The highest BCUT2D eigenvalue weighted by molar-refractivity contribution is 5.51. The molecule has 2 aromatic rings. The molecule has 0 radical (unpaired) electrons. The lowest BCUT2D eigenvalue weighted by Crippen LogP contribution is -2.00. The smallest absolute Gasteiger partial charge is 0.311 e. The van der Waals surface area contributed by atoms with Gasteiger partial charge in [0.15, 0.2) is 11.6 Å². The molecule has 6 heteroatoms. The maximum absolute atomic E-state index is 13.9. The number of aliphatic hydroxyl groups is 1. The van der Waals surface area contributed by atoms with E-state index in [1.165, 1.54) is 37.3 Å². The van der Waals surface area contributed by atoms with Crippen molar-refractivity contribution in [1.82, 2.24) is 0 Å². The Bertz CT molecular complexity index is 685. The molecule has 0 spiro atoms. The summed E-state index contributed by atoms with van der Waals surface area (Å²) < 4.78 is 19.3. The van der Waals surface area contributed by atoms with Crippen molar-refractivity contribution < 1.29 is 19.2 Å². The topological polar surface area (TPSA) is 72.6 Å². The summed E-state index contributed by atoms with van der Waals surface area (Å²) in [6.07, 6.45) is -0.958. The zero-order valence-corrected chi connectivity index (χ0v) is 11.5. The predicted molar refractivity (Wildman–Crippen MR) is 74.9 cm³/mol. The van der Waals surface area contributed by atoms with Gasteiger partial charge in [-0.05, 0) is 31.5 Å². The van der Waals surface area contributed by atoms with E-state index in [9.17, 15) is 19.6 Å². The summed E-state index contributed by atoms with van der Waals surface area (Å²) in [6, 6.07) is 8.49. The Morgan fingerprint density at radius 2 is 2.05 bits per heavy atom. The van der Waals surface area contributed by atoms with Gasteiger partial charge < -0.3 is 9.84 Å². The molecule has 0 unspecified atom stereocenters. The van der Waals surface area contributed by atoms with Gasteiger partial charge in [0, 0.05) is 11.6 Å². The van der Waals surface area contributed by atoms with Crippen molar-refractivity contribution in [3.63, 3.8) is 0 Å². The lowest BCUT2D eigenvalue weighted by Gasteiger charge is -2.14. The summed E-state index contributed by atoms with van der Waals surface area (Å²) in [4.78, 5) is 10.5. The quantitative estimate of drug-likeness (QED) is 0.685. The van der Waals surface area contributed by atoms with Crippen LogP contribution in [0.15, 0.2) is 36.4 Å². The number of nitro groups is 1. The first-order valence-electron chi connectivity index (χ1n) is 6.29. The van der Waals surface area contributed by atoms with Crippen molar-refractivity contribution in [2.24, 2.45) is 0 Å². The van der Waals surface area contributed by atoms with Crippen molar-refractivity contribution in [2.75, 3.05) is 0 Å². The van der Waals surface area contributed by atoms with Crippen molar-refractivity contribution in [3.05, 3.63) is 63.5 Å². The maximum Gasteiger partial charge on any atom is 0.311 e. The molecule has 0 aliphatic heterocycles. The van der Waals surface area contributed by atoms with Gasteiger partial charge in [0.05, 0.1) is 11.0 Å². The molecule has 2 rings (SSSR count). The first-order chi connectivity index (χ1) is 9.90. The standard InChI is InChI=1S/C15H14FNO4/c1-9-6-7-14(13(8-9)17(19)20)21-15-11(10(2)18)4-3-5-12(15)16/h3-8,10,18H,1-2H3/t10-/m0/s1. The highest BCUT2D eigenvalue weighted by Gasteiger charge is 2.20. The molecule has 2 aromatic carbocycles. The third kappa shape index (κ3) is 3.17. The molecule has 0 amide bonds. The summed E-state index contributed by atoms with van der Waals surface area (Å²) in [5, 5.41) is 20.7. The number of ether oxygens (including phenoxy) is 1. The predicted octanol–water partition coefficient (Wildman–Crippen LogP) is 3.89. The van der Waals surface area contributed by atoms with E-state index in [1.807, 2.05) is 0 Å². The summed E-state index contributed by atoms with van der Waals surface area (Å²) >= 11 is 0. The average Bonchev–Trinajstić information content (AvgIpc) is 2.42. The van der Waals surface area contributed by atoms with Gasteiger partial charge in [-0.15, -0.1) is 0 Å². The van der Waals surface area contributed by atoms with Gasteiger partial charge in [-0.1, -0.05) is 18.2 Å². The molecule has 0 aliphatic carbocycles. The molecule has 1 N–H and O–H groups in total. The number of rotatable bonds is 4. The van der Waals surface area contributed by atoms with Crippen LogP contribution in [0, 0.1) is 22.9 Å². The molecule has 0 fully saturated rings. The number of hydrogen-bond donors (Lipinski definition) is 1. The summed E-state index contributed by atoms with van der Waals surface area (Å²) in [6.45, 7) is 3.17. The van der Waals surface area contributed by atoms with Crippen molar-refractivity contribution in [3.8, 4) is 11.5 Å². The highest BCUT2D eigenvalue weighted by atomic mass is 19.1. The molecular formula is C15H14FNO4. The SMILES string of the molecule is Cc1ccc(Oc2c(F)cccc2[C@H](C)O)c([N+](=O)[O-])c1. The van der Waals surface area contributed by atoms with E-state index in [1.54, 1.807) is 13.0 Å². The largest absolute Gasteiger partial charge is 0.447 e. The van der Waals surface area contributed by atoms with E-state index < -0.39 is 16.8 Å². The van der Waals surface area contributed by atoms with Gasteiger partial charge in [0.1, 0.15) is 0 Å². The zero-order valence-electron chi connectivity index (χ0n) is 11.5. The number of nitro benzene ring substituents is 1. The van der Waals surface area contributed by atoms with Crippen LogP contribution in [-0.4, -0.2) is 10.0 Å². The maximum atomic E-state index is 13.9. The van der Waals surface area contributed by atoms with Crippen molar-refractivity contribution >= 4 is 5.69 Å². The first-order valence-corrected chi connectivity index (χ1v) is 6.29. The lowest BCUT2D eigenvalue weighted by atomic mass is 10.1. The number of halogens is 1. The first kappa shape index (κ1) is 14.9. The number of aryl methyl sites for hydroxylation is 1. The molecular weight excluding hydrogens is 277 g/mol. The van der Waals surface area contributed by atoms with Gasteiger partial charge in [-0.25, -0.2) is 4.39 Å². The average molecular weight is 291 g/mol. The third-order valence-electron chi connectivity index (χ3n) is 2.97. The Morgan fingerprint density at radius 3 is 2.67 bits per heavy atom. The Kier molecular flexibility index (Phi) is 4.18. The van der Waals surface area contributed by atoms with Gasteiger partial charge in [-0.3, -0.25) is 10.1 Å². The number of para-hydroxylation sites is 1. The number of benzene rings is 2. The zero-order chi connectivity index (χ0) is 15.6. The molecule has 5 nitrogen and oxygen atoms in total. The summed E-state index contributed by atoms with van der Waals surface area (Å²) in [5.41, 5.74) is 0.665. The number of aliphatic hydroxyl groups excluding tert-OH is 1. The molecule has 0 aliphatic rings. The lowest BCUT2D eigenvalue weighted by molar-refractivity contribution is -0.385. The van der Waals surface area contributed by atoms with E-state index in [2.05, 4.69) is 0 Å².